The Labute approximate surface area is 151 Å². The van der Waals surface area contributed by atoms with E-state index in [1.54, 1.807) is 7.11 Å². The van der Waals surface area contributed by atoms with Gasteiger partial charge < -0.3 is 20.1 Å². The van der Waals surface area contributed by atoms with Crippen LogP contribution in [0.1, 0.15) is 52.1 Å². The molecule has 5 nitrogen and oxygen atoms in total. The predicted molar refractivity (Wildman–Crippen MR) is 99.7 cm³/mol. The summed E-state index contributed by atoms with van der Waals surface area (Å²) in [6.45, 7) is 9.55. The number of nitrogens with zero attached hydrogens (tertiary/aromatic N) is 1. The van der Waals surface area contributed by atoms with Gasteiger partial charge in [-0.05, 0) is 37.2 Å². The van der Waals surface area contributed by atoms with Crippen LogP contribution in [0.4, 0.5) is 4.79 Å². The first-order chi connectivity index (χ1) is 11.7. The molecular weight excluding hydrogens is 316 g/mol. The largest absolute Gasteiger partial charge is 0.496 e. The number of aliphatic hydroxyl groups excluding tert-OH is 1. The Hall–Kier alpha value is -1.75. The van der Waals surface area contributed by atoms with Crippen LogP contribution < -0.4 is 10.1 Å². The van der Waals surface area contributed by atoms with Crippen molar-refractivity contribution in [3.05, 3.63) is 29.8 Å². The number of urea groups is 1. The molecule has 0 spiro atoms. The van der Waals surface area contributed by atoms with Gasteiger partial charge in [0.05, 0.1) is 19.3 Å². The number of ether oxygens (including phenoxy) is 1. The van der Waals surface area contributed by atoms with Gasteiger partial charge in [-0.1, -0.05) is 39.0 Å². The minimum atomic E-state index is -0.305. The molecule has 1 fully saturated rings. The summed E-state index contributed by atoms with van der Waals surface area (Å²) in [5, 5.41) is 12.9. The van der Waals surface area contributed by atoms with Crippen molar-refractivity contribution in [2.45, 2.75) is 52.7 Å². The van der Waals surface area contributed by atoms with Crippen LogP contribution in [0.2, 0.25) is 0 Å². The van der Waals surface area contributed by atoms with Crippen LogP contribution in [0.3, 0.4) is 0 Å². The van der Waals surface area contributed by atoms with Crippen LogP contribution in [0, 0.1) is 11.3 Å². The third-order valence-electron chi connectivity index (χ3n) is 5.09. The maximum Gasteiger partial charge on any atom is 0.317 e. The Bertz CT molecular complexity index is 573. The lowest BCUT2D eigenvalue weighted by Gasteiger charge is -2.37. The molecule has 2 unspecified atom stereocenters. The van der Waals surface area contributed by atoms with Crippen LogP contribution in [-0.4, -0.2) is 42.3 Å². The van der Waals surface area contributed by atoms with Crippen LogP contribution in [0.25, 0.3) is 0 Å². The van der Waals surface area contributed by atoms with Gasteiger partial charge >= 0.3 is 6.03 Å². The van der Waals surface area contributed by atoms with Gasteiger partial charge in [0.2, 0.25) is 0 Å². The van der Waals surface area contributed by atoms with Gasteiger partial charge in [0, 0.05) is 18.7 Å². The third-order valence-corrected chi connectivity index (χ3v) is 5.09. The van der Waals surface area contributed by atoms with Crippen molar-refractivity contribution in [2.24, 2.45) is 11.3 Å². The number of amides is 2. The molecule has 1 aromatic carbocycles. The first kappa shape index (κ1) is 19.6. The number of aliphatic hydroxyl groups is 1. The van der Waals surface area contributed by atoms with Crippen molar-refractivity contribution in [2.75, 3.05) is 20.2 Å². The molecule has 1 aliphatic heterocycles. The van der Waals surface area contributed by atoms with Crippen LogP contribution in [0.15, 0.2) is 24.3 Å². The number of nitrogens with one attached hydrogen (secondary N) is 1. The van der Waals surface area contributed by atoms with E-state index in [2.05, 4.69) is 26.1 Å². The number of carbonyl (C=O) groups excluding carboxylic acids is 1. The first-order valence-corrected chi connectivity index (χ1v) is 9.10. The molecule has 2 atom stereocenters. The van der Waals surface area contributed by atoms with Crippen molar-refractivity contribution >= 4 is 6.03 Å². The summed E-state index contributed by atoms with van der Waals surface area (Å²) in [7, 11) is 1.65. The average molecular weight is 348 g/mol. The summed E-state index contributed by atoms with van der Waals surface area (Å²) in [5.41, 5.74) is 0.840. The number of para-hydroxylation sites is 1. The third kappa shape index (κ3) is 4.88. The molecule has 1 aromatic rings. The maximum absolute atomic E-state index is 12.8. The zero-order valence-electron chi connectivity index (χ0n) is 16.1. The number of likely N-dealkylation sites (tertiary alicyclic amines) is 1. The molecule has 2 N–H and O–H groups in total. The Balaban J connectivity index is 2.12. The summed E-state index contributed by atoms with van der Waals surface area (Å²) in [5.74, 6) is 1.08. The van der Waals surface area contributed by atoms with E-state index >= 15 is 0 Å². The fourth-order valence-electron chi connectivity index (χ4n) is 3.47. The van der Waals surface area contributed by atoms with Gasteiger partial charge in [0.1, 0.15) is 5.75 Å². The van der Waals surface area contributed by atoms with E-state index in [1.165, 1.54) is 0 Å². The molecule has 25 heavy (non-hydrogen) atoms. The average Bonchev–Trinajstić information content (AvgIpc) is 2.58. The number of hydrogen-bond acceptors (Lipinski definition) is 3. The van der Waals surface area contributed by atoms with Gasteiger partial charge in [-0.2, -0.15) is 0 Å². The second-order valence-corrected chi connectivity index (χ2v) is 8.06. The van der Waals surface area contributed by atoms with Crippen LogP contribution in [-0.2, 0) is 0 Å². The van der Waals surface area contributed by atoms with Gasteiger partial charge in [0.15, 0.2) is 0 Å². The summed E-state index contributed by atoms with van der Waals surface area (Å²) >= 11 is 0. The lowest BCUT2D eigenvalue weighted by atomic mass is 9.82. The highest BCUT2D eigenvalue weighted by molar-refractivity contribution is 5.75. The Kier molecular flexibility index (Phi) is 6.33. The number of methoxy groups -OCH3 is 1. The zero-order valence-corrected chi connectivity index (χ0v) is 16.1. The minimum Gasteiger partial charge on any atom is -0.496 e. The molecule has 1 aliphatic rings. The lowest BCUT2D eigenvalue weighted by molar-refractivity contribution is 0.0781. The number of rotatable bonds is 4. The Morgan fingerprint density at radius 1 is 1.28 bits per heavy atom. The smallest absolute Gasteiger partial charge is 0.317 e. The number of hydrogen-bond donors (Lipinski definition) is 2. The molecule has 0 aromatic heterocycles. The number of piperidine rings is 1. The second-order valence-electron chi connectivity index (χ2n) is 8.06. The zero-order chi connectivity index (χ0) is 18.6. The van der Waals surface area contributed by atoms with E-state index in [0.717, 1.165) is 24.2 Å². The fraction of sp³-hybridized carbons (Fsp3) is 0.650. The second kappa shape index (κ2) is 8.09. The quantitative estimate of drug-likeness (QED) is 0.874. The van der Waals surface area contributed by atoms with Crippen molar-refractivity contribution in [1.82, 2.24) is 10.2 Å². The van der Waals surface area contributed by atoms with Crippen molar-refractivity contribution in [1.29, 1.82) is 0 Å². The van der Waals surface area contributed by atoms with Gasteiger partial charge in [-0.15, -0.1) is 0 Å². The van der Waals surface area contributed by atoms with E-state index in [4.69, 9.17) is 4.74 Å². The van der Waals surface area contributed by atoms with E-state index in [0.29, 0.717) is 13.1 Å². The summed E-state index contributed by atoms with van der Waals surface area (Å²) in [4.78, 5) is 14.7. The number of benzene rings is 1. The van der Waals surface area contributed by atoms with Crippen molar-refractivity contribution in [3.8, 4) is 5.75 Å². The molecule has 0 saturated carbocycles. The number of carbonyl (C=O) groups is 1. The highest BCUT2D eigenvalue weighted by Gasteiger charge is 2.32. The lowest BCUT2D eigenvalue weighted by Crippen LogP contribution is -2.48. The molecular formula is C20H32N2O3. The Morgan fingerprint density at radius 2 is 1.88 bits per heavy atom. The summed E-state index contributed by atoms with van der Waals surface area (Å²) in [6.07, 6.45) is 1.39. The van der Waals surface area contributed by atoms with E-state index in [1.807, 2.05) is 36.1 Å². The predicted octanol–water partition coefficient (Wildman–Crippen LogP) is 3.58. The highest BCUT2D eigenvalue weighted by atomic mass is 16.5. The standard InChI is InChI=1S/C20H32N2O3/c1-14(23)15-10-12-22(13-11-15)19(24)21-18(20(2,3)4)16-8-6-7-9-17(16)25-5/h6-9,14-15,18,23H,10-13H2,1-5H3,(H,21,24). The monoisotopic (exact) mass is 348 g/mol. The highest BCUT2D eigenvalue weighted by Crippen LogP contribution is 2.37. The summed E-state index contributed by atoms with van der Waals surface area (Å²) in [6, 6.07) is 7.64. The fourth-order valence-corrected chi connectivity index (χ4v) is 3.47. The van der Waals surface area contributed by atoms with Gasteiger partial charge in [0.25, 0.3) is 0 Å². The van der Waals surface area contributed by atoms with E-state index < -0.39 is 0 Å². The van der Waals surface area contributed by atoms with E-state index in [9.17, 15) is 9.90 Å². The molecule has 5 heteroatoms. The van der Waals surface area contributed by atoms with Crippen molar-refractivity contribution < 1.29 is 14.6 Å². The topological polar surface area (TPSA) is 61.8 Å². The normalized spacial score (nSPS) is 18.6. The molecule has 0 bridgehead atoms. The molecule has 0 aliphatic carbocycles. The van der Waals surface area contributed by atoms with Crippen LogP contribution in [0.5, 0.6) is 5.75 Å². The van der Waals surface area contributed by atoms with Gasteiger partial charge in [-0.3, -0.25) is 0 Å². The van der Waals surface area contributed by atoms with E-state index in [-0.39, 0.29) is 29.5 Å². The van der Waals surface area contributed by atoms with Gasteiger partial charge in [-0.25, -0.2) is 4.79 Å². The summed E-state index contributed by atoms with van der Waals surface area (Å²) < 4.78 is 5.50. The first-order valence-electron chi connectivity index (χ1n) is 9.10. The molecule has 0 radical (unpaired) electrons. The van der Waals surface area contributed by atoms with Crippen LogP contribution >= 0.6 is 0 Å². The SMILES string of the molecule is COc1ccccc1C(NC(=O)N1CCC(C(C)O)CC1)C(C)(C)C. The Morgan fingerprint density at radius 3 is 2.40 bits per heavy atom. The molecule has 1 saturated heterocycles. The molecule has 140 valence electrons. The molecule has 2 rings (SSSR count). The molecule has 1 heterocycles. The molecule has 2 amide bonds. The maximum atomic E-state index is 12.8. The minimum absolute atomic E-state index is 0.0464. The van der Waals surface area contributed by atoms with Crippen molar-refractivity contribution in [3.63, 3.8) is 0 Å².